The molecule has 0 spiro atoms. The molecule has 1 atom stereocenters. The van der Waals surface area contributed by atoms with Crippen LogP contribution in [0.25, 0.3) is 21.5 Å². The van der Waals surface area contributed by atoms with Crippen molar-refractivity contribution in [1.82, 2.24) is 5.43 Å². The highest BCUT2D eigenvalue weighted by molar-refractivity contribution is 6.02. The number of nitrogens with one attached hydrogen (secondary N) is 1. The molecular formula is C31H25FN2O3. The highest BCUT2D eigenvalue weighted by Crippen LogP contribution is 2.27. The van der Waals surface area contributed by atoms with Gasteiger partial charge in [-0.2, -0.15) is 5.10 Å². The van der Waals surface area contributed by atoms with E-state index in [4.69, 9.17) is 9.47 Å². The molecule has 37 heavy (non-hydrogen) atoms. The van der Waals surface area contributed by atoms with E-state index in [1.165, 1.54) is 12.1 Å². The van der Waals surface area contributed by atoms with Crippen molar-refractivity contribution in [2.24, 2.45) is 5.10 Å². The molecule has 1 amide bonds. The van der Waals surface area contributed by atoms with Crippen LogP contribution in [-0.4, -0.2) is 18.2 Å². The van der Waals surface area contributed by atoms with E-state index >= 15 is 0 Å². The van der Waals surface area contributed by atoms with Crippen LogP contribution < -0.4 is 14.9 Å². The minimum atomic E-state index is -0.750. The first-order valence-electron chi connectivity index (χ1n) is 11.9. The molecule has 5 rings (SSSR count). The van der Waals surface area contributed by atoms with Crippen LogP contribution in [0.4, 0.5) is 4.39 Å². The predicted molar refractivity (Wildman–Crippen MR) is 144 cm³/mol. The van der Waals surface area contributed by atoms with E-state index < -0.39 is 6.10 Å². The highest BCUT2D eigenvalue weighted by atomic mass is 19.1. The normalized spacial score (nSPS) is 12.1. The van der Waals surface area contributed by atoms with Crippen LogP contribution in [0.3, 0.4) is 0 Å². The van der Waals surface area contributed by atoms with Gasteiger partial charge in [0.05, 0.1) is 6.21 Å². The molecule has 0 bridgehead atoms. The van der Waals surface area contributed by atoms with E-state index in [2.05, 4.69) is 10.5 Å². The van der Waals surface area contributed by atoms with Crippen LogP contribution in [0.5, 0.6) is 11.5 Å². The number of hydrogen-bond acceptors (Lipinski definition) is 4. The summed E-state index contributed by atoms with van der Waals surface area (Å²) in [6.45, 7) is 1.94. The summed E-state index contributed by atoms with van der Waals surface area (Å²) in [5, 5.41) is 8.28. The number of benzene rings is 5. The van der Waals surface area contributed by atoms with Crippen molar-refractivity contribution in [1.29, 1.82) is 0 Å². The van der Waals surface area contributed by atoms with Crippen LogP contribution in [-0.2, 0) is 11.4 Å². The third kappa shape index (κ3) is 5.76. The number of hydrazone groups is 1. The molecule has 1 N–H and O–H groups in total. The number of amides is 1. The summed E-state index contributed by atoms with van der Waals surface area (Å²) in [6, 6.07) is 31.5. The van der Waals surface area contributed by atoms with Gasteiger partial charge < -0.3 is 9.47 Å². The lowest BCUT2D eigenvalue weighted by molar-refractivity contribution is -0.127. The fourth-order valence-corrected chi connectivity index (χ4v) is 4.03. The van der Waals surface area contributed by atoms with Gasteiger partial charge in [-0.3, -0.25) is 4.79 Å². The van der Waals surface area contributed by atoms with Crippen LogP contribution >= 0.6 is 0 Å². The first kappa shape index (κ1) is 24.0. The standard InChI is InChI=1S/C31H25FN2O3/c1-21(37-27-16-12-23-6-2-3-8-25(23)18-27)31(35)34-33-19-29-28-9-5-4-7-24(28)13-17-30(29)36-20-22-10-14-26(32)15-11-22/h2-19,21H,20H2,1H3,(H,34,35)/b33-19+. The van der Waals surface area contributed by atoms with Crippen LogP contribution in [0, 0.1) is 5.82 Å². The lowest BCUT2D eigenvalue weighted by Crippen LogP contribution is -2.33. The Bertz CT molecular complexity index is 1580. The molecule has 1 unspecified atom stereocenters. The Morgan fingerprint density at radius 1 is 0.892 bits per heavy atom. The zero-order valence-corrected chi connectivity index (χ0v) is 20.2. The van der Waals surface area contributed by atoms with E-state index in [0.717, 1.165) is 32.7 Å². The molecule has 0 saturated carbocycles. The maximum atomic E-state index is 13.2. The van der Waals surface area contributed by atoms with Crippen molar-refractivity contribution in [2.75, 3.05) is 0 Å². The lowest BCUT2D eigenvalue weighted by Gasteiger charge is -2.14. The van der Waals surface area contributed by atoms with Gasteiger partial charge in [-0.25, -0.2) is 9.82 Å². The molecule has 0 saturated heterocycles. The van der Waals surface area contributed by atoms with Gasteiger partial charge >= 0.3 is 0 Å². The summed E-state index contributed by atoms with van der Waals surface area (Å²) in [5.41, 5.74) is 4.13. The van der Waals surface area contributed by atoms with Crippen molar-refractivity contribution in [3.63, 3.8) is 0 Å². The Kier molecular flexibility index (Phi) is 7.08. The first-order valence-corrected chi connectivity index (χ1v) is 11.9. The van der Waals surface area contributed by atoms with E-state index in [0.29, 0.717) is 11.5 Å². The first-order chi connectivity index (χ1) is 18.1. The number of nitrogens with zero attached hydrogens (tertiary/aromatic N) is 1. The number of carbonyl (C=O) groups excluding carboxylic acids is 1. The topological polar surface area (TPSA) is 59.9 Å². The van der Waals surface area contributed by atoms with Crippen LogP contribution in [0.15, 0.2) is 108 Å². The third-order valence-corrected chi connectivity index (χ3v) is 6.01. The summed E-state index contributed by atoms with van der Waals surface area (Å²) in [4.78, 5) is 12.7. The Hall–Kier alpha value is -4.71. The minimum Gasteiger partial charge on any atom is -0.488 e. The molecule has 5 aromatic rings. The zero-order chi connectivity index (χ0) is 25.6. The number of halogens is 1. The Morgan fingerprint density at radius 2 is 1.59 bits per heavy atom. The monoisotopic (exact) mass is 492 g/mol. The Labute approximate surface area is 214 Å². The van der Waals surface area contributed by atoms with Crippen LogP contribution in [0.2, 0.25) is 0 Å². The summed E-state index contributed by atoms with van der Waals surface area (Å²) in [7, 11) is 0. The largest absolute Gasteiger partial charge is 0.488 e. The molecule has 0 fully saturated rings. The molecule has 0 heterocycles. The molecular weight excluding hydrogens is 467 g/mol. The maximum absolute atomic E-state index is 13.2. The molecule has 0 aliphatic heterocycles. The number of carbonyl (C=O) groups is 1. The quantitative estimate of drug-likeness (QED) is 0.195. The Balaban J connectivity index is 1.29. The number of ether oxygens (including phenoxy) is 2. The fraction of sp³-hybridized carbons (Fsp3) is 0.0968. The summed E-state index contributed by atoms with van der Waals surface area (Å²) >= 11 is 0. The smallest absolute Gasteiger partial charge is 0.280 e. The van der Waals surface area contributed by atoms with Gasteiger partial charge in [0, 0.05) is 5.56 Å². The average molecular weight is 493 g/mol. The molecule has 184 valence electrons. The van der Waals surface area contributed by atoms with E-state index in [1.54, 1.807) is 25.3 Å². The third-order valence-electron chi connectivity index (χ3n) is 6.01. The molecule has 0 aliphatic carbocycles. The number of hydrogen-bond donors (Lipinski definition) is 1. The predicted octanol–water partition coefficient (Wildman–Crippen LogP) is 6.63. The average Bonchev–Trinajstić information content (AvgIpc) is 2.93. The van der Waals surface area contributed by atoms with Gasteiger partial charge in [-0.15, -0.1) is 0 Å². The molecule has 0 aromatic heterocycles. The number of rotatable bonds is 8. The van der Waals surface area contributed by atoms with E-state index in [1.807, 2.05) is 78.9 Å². The van der Waals surface area contributed by atoms with Gasteiger partial charge in [0.2, 0.25) is 0 Å². The second-order valence-corrected chi connectivity index (χ2v) is 8.62. The van der Waals surface area contributed by atoms with Gasteiger partial charge in [-0.1, -0.05) is 72.8 Å². The van der Waals surface area contributed by atoms with Crippen LogP contribution in [0.1, 0.15) is 18.1 Å². The van der Waals surface area contributed by atoms with Crippen molar-refractivity contribution in [2.45, 2.75) is 19.6 Å². The second kappa shape index (κ2) is 10.9. The van der Waals surface area contributed by atoms with Gasteiger partial charge in [0.25, 0.3) is 5.91 Å². The van der Waals surface area contributed by atoms with Crippen molar-refractivity contribution < 1.29 is 18.7 Å². The van der Waals surface area contributed by atoms with Gasteiger partial charge in [-0.05, 0) is 64.4 Å². The zero-order valence-electron chi connectivity index (χ0n) is 20.2. The minimum absolute atomic E-state index is 0.266. The molecule has 5 aromatic carbocycles. The maximum Gasteiger partial charge on any atom is 0.280 e. The second-order valence-electron chi connectivity index (χ2n) is 8.62. The van der Waals surface area contributed by atoms with E-state index in [9.17, 15) is 9.18 Å². The molecule has 0 radical (unpaired) electrons. The fourth-order valence-electron chi connectivity index (χ4n) is 4.03. The van der Waals surface area contributed by atoms with E-state index in [-0.39, 0.29) is 18.3 Å². The van der Waals surface area contributed by atoms with Crippen molar-refractivity contribution in [3.05, 3.63) is 120 Å². The van der Waals surface area contributed by atoms with Gasteiger partial charge in [0.15, 0.2) is 6.10 Å². The Morgan fingerprint density at radius 3 is 2.41 bits per heavy atom. The summed E-state index contributed by atoms with van der Waals surface area (Å²) in [5.74, 6) is 0.535. The molecule has 5 nitrogen and oxygen atoms in total. The lowest BCUT2D eigenvalue weighted by atomic mass is 10.0. The van der Waals surface area contributed by atoms with Crippen molar-refractivity contribution in [3.8, 4) is 11.5 Å². The summed E-state index contributed by atoms with van der Waals surface area (Å²) in [6.07, 6.45) is 0.822. The molecule has 6 heteroatoms. The van der Waals surface area contributed by atoms with Crippen molar-refractivity contribution >= 4 is 33.7 Å². The highest BCUT2D eigenvalue weighted by Gasteiger charge is 2.15. The molecule has 0 aliphatic rings. The number of fused-ring (bicyclic) bond motifs is 2. The SMILES string of the molecule is CC(Oc1ccc2ccccc2c1)C(=O)N/N=C/c1c(OCc2ccc(F)cc2)ccc2ccccc12. The summed E-state index contributed by atoms with van der Waals surface area (Å²) < 4.78 is 25.1. The van der Waals surface area contributed by atoms with Gasteiger partial charge in [0.1, 0.15) is 23.9 Å².